The fourth-order valence-electron chi connectivity index (χ4n) is 3.90. The highest BCUT2D eigenvalue weighted by molar-refractivity contribution is 6.03. The number of nitrogens with one attached hydrogen (secondary N) is 1. The summed E-state index contributed by atoms with van der Waals surface area (Å²) in [7, 11) is 0. The van der Waals surface area contributed by atoms with Crippen molar-refractivity contribution in [3.63, 3.8) is 0 Å². The molecule has 1 aliphatic rings. The first-order chi connectivity index (χ1) is 16.6. The highest BCUT2D eigenvalue weighted by atomic mass is 16.6. The highest BCUT2D eigenvalue weighted by Gasteiger charge is 2.35. The molecule has 1 N–H and O–H groups in total. The van der Waals surface area contributed by atoms with Crippen LogP contribution in [0.5, 0.6) is 11.5 Å². The van der Waals surface area contributed by atoms with Gasteiger partial charge < -0.3 is 15.0 Å². The van der Waals surface area contributed by atoms with Gasteiger partial charge in [0.15, 0.2) is 0 Å². The molecule has 0 unspecified atom stereocenters. The first kappa shape index (κ1) is 23.9. The molecule has 1 aliphatic heterocycles. The van der Waals surface area contributed by atoms with Crippen molar-refractivity contribution in [2.24, 2.45) is 5.92 Å². The molecule has 0 saturated carbocycles. The van der Waals surface area contributed by atoms with Crippen LogP contribution in [-0.4, -0.2) is 23.3 Å². The molecule has 3 aromatic rings. The van der Waals surface area contributed by atoms with E-state index in [1.807, 2.05) is 24.3 Å². The number of amides is 2. The van der Waals surface area contributed by atoms with Crippen LogP contribution >= 0.6 is 0 Å². The zero-order chi connectivity index (χ0) is 25.2. The molecule has 1 atom stereocenters. The van der Waals surface area contributed by atoms with Crippen molar-refractivity contribution in [3.05, 3.63) is 88.5 Å². The second-order valence-corrected chi connectivity index (χ2v) is 9.57. The van der Waals surface area contributed by atoms with Crippen molar-refractivity contribution < 1.29 is 19.2 Å². The van der Waals surface area contributed by atoms with E-state index in [4.69, 9.17) is 4.74 Å². The average molecular weight is 474 g/mol. The van der Waals surface area contributed by atoms with Gasteiger partial charge in [-0.2, -0.15) is 0 Å². The van der Waals surface area contributed by atoms with E-state index < -0.39 is 10.8 Å². The Morgan fingerprint density at radius 2 is 1.54 bits per heavy atom. The lowest BCUT2D eigenvalue weighted by Crippen LogP contribution is -2.28. The van der Waals surface area contributed by atoms with E-state index in [0.717, 1.165) is 5.75 Å². The summed E-state index contributed by atoms with van der Waals surface area (Å²) >= 11 is 0. The number of carbonyl (C=O) groups excluding carboxylic acids is 2. The Labute approximate surface area is 203 Å². The first-order valence-electron chi connectivity index (χ1n) is 11.3. The molecule has 0 aliphatic carbocycles. The van der Waals surface area contributed by atoms with Crippen LogP contribution in [0.2, 0.25) is 0 Å². The standard InChI is InChI=1S/C27H27N3O5/c1-27(2,3)19-4-12-23(13-5-19)35-24-14-6-20(7-15-24)28-26(32)18-16-25(31)29(17-18)21-8-10-22(11-9-21)30(33)34/h4-15,18H,16-17H2,1-3H3,(H,28,32)/t18-/m0/s1. The summed E-state index contributed by atoms with van der Waals surface area (Å²) in [6, 6.07) is 20.7. The summed E-state index contributed by atoms with van der Waals surface area (Å²) in [5, 5.41) is 13.7. The zero-order valence-corrected chi connectivity index (χ0v) is 19.9. The maximum Gasteiger partial charge on any atom is 0.269 e. The summed E-state index contributed by atoms with van der Waals surface area (Å²) in [6.07, 6.45) is 0.0780. The molecule has 0 radical (unpaired) electrons. The Morgan fingerprint density at radius 3 is 2.09 bits per heavy atom. The van der Waals surface area contributed by atoms with E-state index in [-0.39, 0.29) is 35.9 Å². The molecule has 0 aromatic heterocycles. The normalized spacial score (nSPS) is 15.7. The van der Waals surface area contributed by atoms with E-state index in [1.165, 1.54) is 34.7 Å². The van der Waals surface area contributed by atoms with Crippen LogP contribution in [0, 0.1) is 16.0 Å². The zero-order valence-electron chi connectivity index (χ0n) is 19.9. The summed E-state index contributed by atoms with van der Waals surface area (Å²) in [6.45, 7) is 6.69. The van der Waals surface area contributed by atoms with Gasteiger partial charge in [-0.15, -0.1) is 0 Å². The van der Waals surface area contributed by atoms with Crippen molar-refractivity contribution in [1.82, 2.24) is 0 Å². The highest BCUT2D eigenvalue weighted by Crippen LogP contribution is 2.29. The average Bonchev–Trinajstić information content (AvgIpc) is 3.22. The van der Waals surface area contributed by atoms with Gasteiger partial charge in [0, 0.05) is 36.5 Å². The Bertz CT molecular complexity index is 1230. The summed E-state index contributed by atoms with van der Waals surface area (Å²) in [5.41, 5.74) is 2.38. The van der Waals surface area contributed by atoms with Crippen LogP contribution in [0.1, 0.15) is 32.8 Å². The van der Waals surface area contributed by atoms with Gasteiger partial charge in [-0.05, 0) is 59.5 Å². The van der Waals surface area contributed by atoms with E-state index >= 15 is 0 Å². The van der Waals surface area contributed by atoms with Gasteiger partial charge >= 0.3 is 0 Å². The van der Waals surface area contributed by atoms with Crippen LogP contribution in [0.15, 0.2) is 72.8 Å². The number of benzene rings is 3. The number of nitro benzene ring substituents is 1. The molecule has 8 heteroatoms. The number of carbonyl (C=O) groups is 2. The van der Waals surface area contributed by atoms with Crippen LogP contribution < -0.4 is 15.0 Å². The Balaban J connectivity index is 1.34. The molecule has 8 nitrogen and oxygen atoms in total. The third-order valence-electron chi connectivity index (χ3n) is 5.95. The molecular weight excluding hydrogens is 446 g/mol. The van der Waals surface area contributed by atoms with Gasteiger partial charge in [0.1, 0.15) is 11.5 Å². The number of anilines is 2. The molecular formula is C27H27N3O5. The molecule has 4 rings (SSSR count). The smallest absolute Gasteiger partial charge is 0.269 e. The molecule has 1 heterocycles. The summed E-state index contributed by atoms with van der Waals surface area (Å²) < 4.78 is 5.90. The van der Waals surface area contributed by atoms with Gasteiger partial charge in [-0.25, -0.2) is 0 Å². The molecule has 1 saturated heterocycles. The van der Waals surface area contributed by atoms with E-state index in [9.17, 15) is 19.7 Å². The van der Waals surface area contributed by atoms with Crippen LogP contribution in [-0.2, 0) is 15.0 Å². The van der Waals surface area contributed by atoms with E-state index in [0.29, 0.717) is 17.1 Å². The van der Waals surface area contributed by atoms with E-state index in [1.54, 1.807) is 24.3 Å². The molecule has 180 valence electrons. The number of rotatable bonds is 6. The van der Waals surface area contributed by atoms with Crippen molar-refractivity contribution in [2.75, 3.05) is 16.8 Å². The number of non-ortho nitro benzene ring substituents is 1. The van der Waals surface area contributed by atoms with Gasteiger partial charge in [0.25, 0.3) is 5.69 Å². The predicted molar refractivity (Wildman–Crippen MR) is 134 cm³/mol. The third kappa shape index (κ3) is 5.66. The molecule has 0 bridgehead atoms. The number of ether oxygens (including phenoxy) is 1. The Morgan fingerprint density at radius 1 is 0.971 bits per heavy atom. The largest absolute Gasteiger partial charge is 0.457 e. The molecule has 1 fully saturated rings. The monoisotopic (exact) mass is 473 g/mol. The Hall–Kier alpha value is -4.20. The van der Waals surface area contributed by atoms with Crippen molar-refractivity contribution >= 4 is 28.9 Å². The van der Waals surface area contributed by atoms with Gasteiger partial charge in [0.2, 0.25) is 11.8 Å². The van der Waals surface area contributed by atoms with Gasteiger partial charge in [-0.3, -0.25) is 19.7 Å². The topological polar surface area (TPSA) is 102 Å². The maximum absolute atomic E-state index is 12.8. The third-order valence-corrected chi connectivity index (χ3v) is 5.95. The van der Waals surface area contributed by atoms with Gasteiger partial charge in [-0.1, -0.05) is 32.9 Å². The molecule has 0 spiro atoms. The maximum atomic E-state index is 12.8. The predicted octanol–water partition coefficient (Wildman–Crippen LogP) is 5.68. The number of hydrogen-bond donors (Lipinski definition) is 1. The number of nitrogens with zero attached hydrogens (tertiary/aromatic N) is 2. The fourth-order valence-corrected chi connectivity index (χ4v) is 3.90. The minimum atomic E-state index is -0.519. The van der Waals surface area contributed by atoms with Crippen molar-refractivity contribution in [3.8, 4) is 11.5 Å². The SMILES string of the molecule is CC(C)(C)c1ccc(Oc2ccc(NC(=O)[C@H]3CC(=O)N(c4ccc([N+](=O)[O-])cc4)C3)cc2)cc1. The lowest BCUT2D eigenvalue weighted by Gasteiger charge is -2.19. The van der Waals surface area contributed by atoms with Gasteiger partial charge in [0.05, 0.1) is 10.8 Å². The minimum absolute atomic E-state index is 0.0518. The quantitative estimate of drug-likeness (QED) is 0.367. The lowest BCUT2D eigenvalue weighted by atomic mass is 9.87. The lowest BCUT2D eigenvalue weighted by molar-refractivity contribution is -0.384. The first-order valence-corrected chi connectivity index (χ1v) is 11.3. The van der Waals surface area contributed by atoms with Crippen LogP contribution in [0.3, 0.4) is 0 Å². The van der Waals surface area contributed by atoms with Crippen LogP contribution in [0.4, 0.5) is 17.1 Å². The molecule has 3 aromatic carbocycles. The molecule has 2 amide bonds. The van der Waals surface area contributed by atoms with E-state index in [2.05, 4.69) is 26.1 Å². The second kappa shape index (κ2) is 9.58. The van der Waals surface area contributed by atoms with Crippen LogP contribution in [0.25, 0.3) is 0 Å². The Kier molecular flexibility index (Phi) is 6.55. The summed E-state index contributed by atoms with van der Waals surface area (Å²) in [4.78, 5) is 37.0. The number of hydrogen-bond acceptors (Lipinski definition) is 5. The van der Waals surface area contributed by atoms with Crippen molar-refractivity contribution in [2.45, 2.75) is 32.6 Å². The minimum Gasteiger partial charge on any atom is -0.457 e. The second-order valence-electron chi connectivity index (χ2n) is 9.57. The van der Waals surface area contributed by atoms with Crippen molar-refractivity contribution in [1.29, 1.82) is 0 Å². The summed E-state index contributed by atoms with van der Waals surface area (Å²) in [5.74, 6) is 0.405. The number of nitro groups is 1. The fraction of sp³-hybridized carbons (Fsp3) is 0.259. The molecule has 35 heavy (non-hydrogen) atoms.